The zero-order valence-electron chi connectivity index (χ0n) is 13.5. The summed E-state index contributed by atoms with van der Waals surface area (Å²) in [6.45, 7) is 4.12. The predicted molar refractivity (Wildman–Crippen MR) is 86.6 cm³/mol. The number of benzene rings is 1. The lowest BCUT2D eigenvalue weighted by Crippen LogP contribution is -2.45. The number of ether oxygens (including phenoxy) is 1. The molecule has 2 amide bonds. The van der Waals surface area contributed by atoms with Gasteiger partial charge in [-0.05, 0) is 38.3 Å². The summed E-state index contributed by atoms with van der Waals surface area (Å²) in [5.41, 5.74) is 1.19. The highest BCUT2D eigenvalue weighted by molar-refractivity contribution is 5.75. The van der Waals surface area contributed by atoms with E-state index >= 15 is 0 Å². The first-order chi connectivity index (χ1) is 11.1. The molecule has 0 aromatic heterocycles. The summed E-state index contributed by atoms with van der Waals surface area (Å²) in [4.78, 5) is 24.5. The van der Waals surface area contributed by atoms with Gasteiger partial charge >= 0.3 is 12.0 Å². The van der Waals surface area contributed by atoms with E-state index < -0.39 is 5.97 Å². The number of urea groups is 1. The molecule has 23 heavy (non-hydrogen) atoms. The van der Waals surface area contributed by atoms with Crippen molar-refractivity contribution in [3.63, 3.8) is 0 Å². The van der Waals surface area contributed by atoms with Gasteiger partial charge in [0.05, 0.1) is 12.5 Å². The third kappa shape index (κ3) is 5.47. The fraction of sp³-hybridized carbons (Fsp3) is 0.529. The number of likely N-dealkylation sites (tertiary alicyclic amines) is 1. The number of hydrogen-bond donors (Lipinski definition) is 2. The second-order valence-corrected chi connectivity index (χ2v) is 5.85. The molecule has 1 aliphatic rings. The molecule has 2 rings (SSSR count). The number of nitrogens with one attached hydrogen (secondary N) is 1. The molecule has 1 aromatic carbocycles. The van der Waals surface area contributed by atoms with Crippen LogP contribution < -0.4 is 10.1 Å². The number of aryl methyl sites for hydroxylation is 1. The summed E-state index contributed by atoms with van der Waals surface area (Å²) >= 11 is 0. The second-order valence-electron chi connectivity index (χ2n) is 5.85. The maximum Gasteiger partial charge on any atom is 0.317 e. The van der Waals surface area contributed by atoms with Gasteiger partial charge in [-0.2, -0.15) is 0 Å². The van der Waals surface area contributed by atoms with Gasteiger partial charge in [0.15, 0.2) is 0 Å². The Kier molecular flexibility index (Phi) is 6.26. The molecule has 0 radical (unpaired) electrons. The third-order valence-corrected chi connectivity index (χ3v) is 4.02. The van der Waals surface area contributed by atoms with Gasteiger partial charge in [0, 0.05) is 19.6 Å². The Labute approximate surface area is 136 Å². The average Bonchev–Trinajstić information content (AvgIpc) is 2.56. The van der Waals surface area contributed by atoms with Crippen molar-refractivity contribution in [2.45, 2.75) is 26.2 Å². The van der Waals surface area contributed by atoms with Crippen LogP contribution in [0.4, 0.5) is 4.79 Å². The van der Waals surface area contributed by atoms with Crippen LogP contribution in [0.2, 0.25) is 0 Å². The third-order valence-electron chi connectivity index (χ3n) is 4.02. The van der Waals surface area contributed by atoms with Crippen molar-refractivity contribution in [1.82, 2.24) is 10.2 Å². The molecule has 0 unspecified atom stereocenters. The minimum atomic E-state index is -0.765. The van der Waals surface area contributed by atoms with E-state index in [2.05, 4.69) is 5.32 Å². The molecule has 1 aromatic rings. The second kappa shape index (κ2) is 8.41. The molecule has 1 aliphatic heterocycles. The van der Waals surface area contributed by atoms with Crippen LogP contribution in [-0.4, -0.2) is 48.2 Å². The molecule has 1 saturated heterocycles. The molecule has 0 bridgehead atoms. The summed E-state index contributed by atoms with van der Waals surface area (Å²) in [7, 11) is 0. The zero-order valence-corrected chi connectivity index (χ0v) is 13.5. The molecule has 1 fully saturated rings. The normalized spacial score (nSPS) is 15.3. The van der Waals surface area contributed by atoms with E-state index in [0.29, 0.717) is 39.1 Å². The number of piperidine rings is 1. The summed E-state index contributed by atoms with van der Waals surface area (Å²) in [6.07, 6.45) is 1.78. The maximum absolute atomic E-state index is 12.0. The number of hydrogen-bond acceptors (Lipinski definition) is 3. The van der Waals surface area contributed by atoms with Crippen molar-refractivity contribution in [2.75, 3.05) is 26.2 Å². The fourth-order valence-electron chi connectivity index (χ4n) is 2.53. The van der Waals surface area contributed by atoms with Crippen LogP contribution in [0.15, 0.2) is 24.3 Å². The number of carboxylic acids is 1. The van der Waals surface area contributed by atoms with Crippen molar-refractivity contribution in [3.05, 3.63) is 29.8 Å². The van der Waals surface area contributed by atoms with Crippen LogP contribution in [0, 0.1) is 12.8 Å². The number of amides is 2. The van der Waals surface area contributed by atoms with Crippen LogP contribution >= 0.6 is 0 Å². The number of nitrogens with zero attached hydrogens (tertiary/aromatic N) is 1. The van der Waals surface area contributed by atoms with E-state index in [0.717, 1.165) is 12.2 Å². The van der Waals surface area contributed by atoms with Gasteiger partial charge in [0.25, 0.3) is 0 Å². The maximum atomic E-state index is 12.0. The largest absolute Gasteiger partial charge is 0.494 e. The van der Waals surface area contributed by atoms with E-state index in [1.165, 1.54) is 5.56 Å². The summed E-state index contributed by atoms with van der Waals surface area (Å²) < 4.78 is 5.60. The van der Waals surface area contributed by atoms with E-state index in [1.54, 1.807) is 4.90 Å². The molecule has 0 aliphatic carbocycles. The Morgan fingerprint density at radius 3 is 2.52 bits per heavy atom. The van der Waals surface area contributed by atoms with Crippen molar-refractivity contribution in [3.8, 4) is 5.75 Å². The molecule has 126 valence electrons. The van der Waals surface area contributed by atoms with Crippen molar-refractivity contribution in [2.24, 2.45) is 5.92 Å². The van der Waals surface area contributed by atoms with Crippen molar-refractivity contribution >= 4 is 12.0 Å². The highest BCUT2D eigenvalue weighted by atomic mass is 16.5. The van der Waals surface area contributed by atoms with Crippen molar-refractivity contribution in [1.29, 1.82) is 0 Å². The monoisotopic (exact) mass is 320 g/mol. The average molecular weight is 320 g/mol. The highest BCUT2D eigenvalue weighted by Crippen LogP contribution is 2.17. The molecular formula is C17H24N2O4. The van der Waals surface area contributed by atoms with E-state index in [4.69, 9.17) is 9.84 Å². The first kappa shape index (κ1) is 17.1. The van der Waals surface area contributed by atoms with Gasteiger partial charge < -0.3 is 20.1 Å². The van der Waals surface area contributed by atoms with Gasteiger partial charge in [-0.15, -0.1) is 0 Å². The van der Waals surface area contributed by atoms with Gasteiger partial charge in [-0.25, -0.2) is 4.79 Å². The lowest BCUT2D eigenvalue weighted by molar-refractivity contribution is -0.143. The zero-order chi connectivity index (χ0) is 16.7. The van der Waals surface area contributed by atoms with Crippen LogP contribution in [0.1, 0.15) is 24.8 Å². The minimum absolute atomic E-state index is 0.121. The minimum Gasteiger partial charge on any atom is -0.494 e. The van der Waals surface area contributed by atoms with Crippen LogP contribution in [0.5, 0.6) is 5.75 Å². The van der Waals surface area contributed by atoms with E-state index in [9.17, 15) is 9.59 Å². The molecule has 1 heterocycles. The number of rotatable bonds is 6. The highest BCUT2D eigenvalue weighted by Gasteiger charge is 2.26. The first-order valence-electron chi connectivity index (χ1n) is 8.01. The van der Waals surface area contributed by atoms with Gasteiger partial charge in [-0.1, -0.05) is 17.7 Å². The predicted octanol–water partition coefficient (Wildman–Crippen LogP) is 2.27. The number of carbonyl (C=O) groups excluding carboxylic acids is 1. The molecule has 0 atom stereocenters. The molecular weight excluding hydrogens is 296 g/mol. The standard InChI is InChI=1S/C17H24N2O4/c1-13-3-5-15(6-4-13)23-12-2-9-18-17(22)19-10-7-14(8-11-19)16(20)21/h3-6,14H,2,7-12H2,1H3,(H,18,22)(H,20,21). The van der Waals surface area contributed by atoms with E-state index in [1.807, 2.05) is 31.2 Å². The lowest BCUT2D eigenvalue weighted by Gasteiger charge is -2.30. The topological polar surface area (TPSA) is 78.9 Å². The Morgan fingerprint density at radius 2 is 1.91 bits per heavy atom. The number of carbonyl (C=O) groups is 2. The molecule has 0 saturated carbocycles. The Bertz CT molecular complexity index is 522. The Balaban J connectivity index is 1.58. The van der Waals surface area contributed by atoms with E-state index in [-0.39, 0.29) is 11.9 Å². The van der Waals surface area contributed by atoms with Crippen LogP contribution in [0.25, 0.3) is 0 Å². The SMILES string of the molecule is Cc1ccc(OCCCNC(=O)N2CCC(C(=O)O)CC2)cc1. The summed E-state index contributed by atoms with van der Waals surface area (Å²) in [5.74, 6) is -0.252. The van der Waals surface area contributed by atoms with Gasteiger partial charge in [-0.3, -0.25) is 4.79 Å². The lowest BCUT2D eigenvalue weighted by atomic mass is 9.97. The summed E-state index contributed by atoms with van der Waals surface area (Å²) in [6, 6.07) is 7.74. The van der Waals surface area contributed by atoms with Gasteiger partial charge in [0.1, 0.15) is 5.75 Å². The van der Waals surface area contributed by atoms with Crippen LogP contribution in [0.3, 0.4) is 0 Å². The molecule has 0 spiro atoms. The van der Waals surface area contributed by atoms with Gasteiger partial charge in [0.2, 0.25) is 0 Å². The van der Waals surface area contributed by atoms with Crippen molar-refractivity contribution < 1.29 is 19.4 Å². The van der Waals surface area contributed by atoms with Crippen LogP contribution in [-0.2, 0) is 4.79 Å². The summed E-state index contributed by atoms with van der Waals surface area (Å²) in [5, 5.41) is 11.8. The number of aliphatic carboxylic acids is 1. The Morgan fingerprint density at radius 1 is 1.26 bits per heavy atom. The molecule has 6 nitrogen and oxygen atoms in total. The fourth-order valence-corrected chi connectivity index (χ4v) is 2.53. The Hall–Kier alpha value is -2.24. The molecule has 2 N–H and O–H groups in total. The quantitative estimate of drug-likeness (QED) is 0.788. The smallest absolute Gasteiger partial charge is 0.317 e. The molecule has 6 heteroatoms. The number of carboxylic acid groups (broad SMARTS) is 1. The first-order valence-corrected chi connectivity index (χ1v) is 8.01.